The van der Waals surface area contributed by atoms with Gasteiger partial charge in [0, 0.05) is 30.5 Å². The highest BCUT2D eigenvalue weighted by atomic mass is 16.5. The van der Waals surface area contributed by atoms with E-state index in [1.165, 1.54) is 11.1 Å². The number of aliphatic hydroxyl groups excluding tert-OH is 1. The van der Waals surface area contributed by atoms with Crippen LogP contribution in [-0.4, -0.2) is 74.6 Å². The largest absolute Gasteiger partial charge is 0.493 e. The summed E-state index contributed by atoms with van der Waals surface area (Å²) in [6, 6.07) is 4.27. The lowest BCUT2D eigenvalue weighted by atomic mass is 9.69. The number of hydrogen-bond donors (Lipinski definition) is 1. The number of ether oxygens (including phenoxy) is 2. The normalized spacial score (nSPS) is 34.8. The van der Waals surface area contributed by atoms with E-state index >= 15 is 0 Å². The van der Waals surface area contributed by atoms with Gasteiger partial charge in [0.05, 0.1) is 38.8 Å². The van der Waals surface area contributed by atoms with Crippen molar-refractivity contribution in [3.63, 3.8) is 0 Å². The summed E-state index contributed by atoms with van der Waals surface area (Å²) in [4.78, 5) is 2.26. The van der Waals surface area contributed by atoms with Crippen molar-refractivity contribution in [1.29, 1.82) is 0 Å². The number of methoxy groups -OCH3 is 1. The summed E-state index contributed by atoms with van der Waals surface area (Å²) in [5, 5.41) is 10.2. The van der Waals surface area contributed by atoms with Crippen molar-refractivity contribution < 1.29 is 19.1 Å². The van der Waals surface area contributed by atoms with Gasteiger partial charge in [-0.1, -0.05) is 12.2 Å². The van der Waals surface area contributed by atoms with Crippen LogP contribution in [0.5, 0.6) is 11.5 Å². The molecule has 0 radical (unpaired) electrons. The lowest BCUT2D eigenvalue weighted by Crippen LogP contribution is -2.49. The molecule has 0 bridgehead atoms. The first-order chi connectivity index (χ1) is 12.4. The Kier molecular flexibility index (Phi) is 4.29. The number of nitrogens with zero attached hydrogens (tertiary/aromatic N) is 2. The van der Waals surface area contributed by atoms with E-state index in [9.17, 15) is 5.11 Å². The molecule has 1 aromatic carbocycles. The van der Waals surface area contributed by atoms with Gasteiger partial charge in [0.2, 0.25) is 0 Å². The average molecular weight is 359 g/mol. The third-order valence-corrected chi connectivity index (χ3v) is 6.50. The highest BCUT2D eigenvalue weighted by molar-refractivity contribution is 5.60. The van der Waals surface area contributed by atoms with Gasteiger partial charge in [-0.2, -0.15) is 0 Å². The zero-order chi connectivity index (χ0) is 18.5. The van der Waals surface area contributed by atoms with Crippen LogP contribution in [0.2, 0.25) is 0 Å². The molecule has 2 aliphatic heterocycles. The summed E-state index contributed by atoms with van der Waals surface area (Å²) in [5.41, 5.74) is 2.53. The first-order valence-electron chi connectivity index (χ1n) is 9.60. The van der Waals surface area contributed by atoms with E-state index in [1.54, 1.807) is 7.11 Å². The second kappa shape index (κ2) is 6.25. The Morgan fingerprint density at radius 1 is 1.38 bits per heavy atom. The molecule has 1 aliphatic carbocycles. The van der Waals surface area contributed by atoms with Crippen LogP contribution in [0.15, 0.2) is 24.3 Å². The quantitative estimate of drug-likeness (QED) is 0.659. The summed E-state index contributed by atoms with van der Waals surface area (Å²) >= 11 is 0. The smallest absolute Gasteiger partial charge is 0.166 e. The fraction of sp³-hybridized carbons (Fsp3) is 0.619. The van der Waals surface area contributed by atoms with Gasteiger partial charge in [0.1, 0.15) is 12.6 Å². The lowest BCUT2D eigenvalue weighted by molar-refractivity contribution is -0.921. The molecule has 2 heterocycles. The molecule has 1 aromatic rings. The van der Waals surface area contributed by atoms with Gasteiger partial charge in [-0.3, -0.25) is 0 Å². The van der Waals surface area contributed by atoms with Crippen molar-refractivity contribution in [3.8, 4) is 11.5 Å². The van der Waals surface area contributed by atoms with Crippen molar-refractivity contribution in [2.45, 2.75) is 37.0 Å². The van der Waals surface area contributed by atoms with Crippen LogP contribution in [0.25, 0.3) is 0 Å². The molecule has 4 atom stereocenters. The first kappa shape index (κ1) is 17.8. The number of hydrogen-bond acceptors (Lipinski definition) is 4. The summed E-state index contributed by atoms with van der Waals surface area (Å²) in [6.45, 7) is 4.32. The Bertz CT molecular complexity index is 732. The molecule has 5 nitrogen and oxygen atoms in total. The Labute approximate surface area is 156 Å². The molecule has 3 aliphatic rings. The van der Waals surface area contributed by atoms with Crippen molar-refractivity contribution in [1.82, 2.24) is 4.90 Å². The van der Waals surface area contributed by atoms with Crippen LogP contribution in [0, 0.1) is 0 Å². The van der Waals surface area contributed by atoms with Crippen molar-refractivity contribution in [2.24, 2.45) is 0 Å². The highest BCUT2D eigenvalue weighted by Gasteiger charge is 2.54. The van der Waals surface area contributed by atoms with Gasteiger partial charge < -0.3 is 24.0 Å². The minimum atomic E-state index is -0.424. The average Bonchev–Trinajstić information content (AvgIpc) is 2.87. The summed E-state index contributed by atoms with van der Waals surface area (Å²) in [7, 11) is 8.35. The van der Waals surface area contributed by atoms with Crippen LogP contribution >= 0.6 is 0 Å². The minimum absolute atomic E-state index is 0.00653. The molecular formula is C21H31N2O3+. The summed E-state index contributed by atoms with van der Waals surface area (Å²) in [5.74, 6) is 1.71. The van der Waals surface area contributed by atoms with Crippen molar-refractivity contribution >= 4 is 0 Å². The molecule has 142 valence electrons. The monoisotopic (exact) mass is 359 g/mol. The van der Waals surface area contributed by atoms with Crippen LogP contribution in [0.1, 0.15) is 24.0 Å². The number of quaternary nitrogens is 1. The zero-order valence-electron chi connectivity index (χ0n) is 16.4. The molecule has 0 aromatic heterocycles. The van der Waals surface area contributed by atoms with Gasteiger partial charge >= 0.3 is 0 Å². The predicted molar refractivity (Wildman–Crippen MR) is 102 cm³/mol. The van der Waals surface area contributed by atoms with Crippen LogP contribution in [0.3, 0.4) is 0 Å². The maximum absolute atomic E-state index is 10.2. The summed E-state index contributed by atoms with van der Waals surface area (Å²) < 4.78 is 13.0. The molecule has 0 saturated heterocycles. The molecule has 5 heteroatoms. The third-order valence-electron chi connectivity index (χ3n) is 6.50. The molecule has 4 rings (SSSR count). The number of aliphatic hydroxyl groups is 1. The van der Waals surface area contributed by atoms with E-state index < -0.39 is 6.10 Å². The SMILES string of the molecule is COc1ccc2c3c1O[C@H]1C[C@@H](O)C=C[C@@]31CC[N+](C)(CCN(C)C)C2. The molecule has 1 spiro atoms. The highest BCUT2D eigenvalue weighted by Crippen LogP contribution is 2.56. The molecule has 1 unspecified atom stereocenters. The Hall–Kier alpha value is -1.56. The molecule has 1 N–H and O–H groups in total. The van der Waals surface area contributed by atoms with Gasteiger partial charge in [-0.25, -0.2) is 0 Å². The second-order valence-electron chi connectivity index (χ2n) is 8.72. The number of benzene rings is 1. The van der Waals surface area contributed by atoms with Crippen LogP contribution in [-0.2, 0) is 12.0 Å². The number of rotatable bonds is 4. The zero-order valence-corrected chi connectivity index (χ0v) is 16.4. The lowest BCUT2D eigenvalue weighted by Gasteiger charge is -2.38. The van der Waals surface area contributed by atoms with E-state index in [0.29, 0.717) is 6.42 Å². The van der Waals surface area contributed by atoms with Crippen LogP contribution in [0.4, 0.5) is 0 Å². The van der Waals surface area contributed by atoms with E-state index in [1.807, 2.05) is 12.1 Å². The fourth-order valence-electron chi connectivity index (χ4n) is 4.91. The molecule has 26 heavy (non-hydrogen) atoms. The number of likely N-dealkylation sites (N-methyl/N-ethyl adjacent to an activating group) is 2. The topological polar surface area (TPSA) is 41.9 Å². The van der Waals surface area contributed by atoms with Crippen molar-refractivity contribution in [3.05, 3.63) is 35.4 Å². The van der Waals surface area contributed by atoms with Gasteiger partial charge in [-0.15, -0.1) is 0 Å². The summed E-state index contributed by atoms with van der Waals surface area (Å²) in [6.07, 6.45) is 5.45. The predicted octanol–water partition coefficient (Wildman–Crippen LogP) is 1.93. The van der Waals surface area contributed by atoms with Crippen molar-refractivity contribution in [2.75, 3.05) is 47.9 Å². The van der Waals surface area contributed by atoms with E-state index in [0.717, 1.165) is 48.6 Å². The standard InChI is InChI=1S/C21H31N2O3/c1-22(2)10-12-23(3)11-9-21-8-7-16(24)13-18(21)26-20-17(25-4)6-5-15(14-23)19(20)21/h5-8,16,18,24H,9-14H2,1-4H3/q+1/t16-,18-,21-,23?/m0/s1. The maximum Gasteiger partial charge on any atom is 0.166 e. The third kappa shape index (κ3) is 2.73. The Balaban J connectivity index is 1.80. The fourth-order valence-corrected chi connectivity index (χ4v) is 4.91. The Morgan fingerprint density at radius 2 is 2.19 bits per heavy atom. The molecule has 0 amide bonds. The van der Waals surface area contributed by atoms with E-state index in [4.69, 9.17) is 9.47 Å². The Morgan fingerprint density at radius 3 is 2.92 bits per heavy atom. The second-order valence-corrected chi connectivity index (χ2v) is 8.72. The van der Waals surface area contributed by atoms with E-state index in [2.05, 4.69) is 38.2 Å². The maximum atomic E-state index is 10.2. The molecule has 0 fully saturated rings. The van der Waals surface area contributed by atoms with E-state index in [-0.39, 0.29) is 11.5 Å². The molecular weight excluding hydrogens is 328 g/mol. The molecule has 0 saturated carbocycles. The van der Waals surface area contributed by atoms with Gasteiger partial charge in [-0.05, 0) is 26.2 Å². The van der Waals surface area contributed by atoms with Gasteiger partial charge in [0.15, 0.2) is 11.5 Å². The van der Waals surface area contributed by atoms with Crippen LogP contribution < -0.4 is 9.47 Å². The van der Waals surface area contributed by atoms with Gasteiger partial charge in [0.25, 0.3) is 0 Å². The first-order valence-corrected chi connectivity index (χ1v) is 9.60. The minimum Gasteiger partial charge on any atom is -0.493 e.